The van der Waals surface area contributed by atoms with E-state index in [1.807, 2.05) is 19.2 Å². The Morgan fingerprint density at radius 3 is 2.60 bits per heavy atom. The highest BCUT2D eigenvalue weighted by atomic mass is 79.9. The lowest BCUT2D eigenvalue weighted by Gasteiger charge is -2.20. The first-order valence-corrected chi connectivity index (χ1v) is 7.98. The predicted octanol–water partition coefficient (Wildman–Crippen LogP) is 4.03. The Hall–Kier alpha value is -1.04. The van der Waals surface area contributed by atoms with Gasteiger partial charge in [0.2, 0.25) is 0 Å². The van der Waals surface area contributed by atoms with E-state index in [4.69, 9.17) is 9.47 Å². The molecular weight excluding hydrogens is 338 g/mol. The molecule has 0 saturated carbocycles. The maximum absolute atomic E-state index is 5.53. The minimum Gasteiger partial charge on any atom is -0.493 e. The molecule has 2 aromatic rings. The number of methoxy groups -OCH3 is 2. The molecule has 0 amide bonds. The number of benzene rings is 1. The molecule has 1 aromatic carbocycles. The van der Waals surface area contributed by atoms with Crippen molar-refractivity contribution < 1.29 is 9.47 Å². The predicted molar refractivity (Wildman–Crippen MR) is 87.1 cm³/mol. The molecule has 0 bridgehead atoms. The topological polar surface area (TPSA) is 30.5 Å². The average molecular weight is 356 g/mol. The van der Waals surface area contributed by atoms with Crippen molar-refractivity contribution in [3.8, 4) is 11.5 Å². The molecule has 0 saturated heterocycles. The molecular formula is C15H18BrNO2S. The van der Waals surface area contributed by atoms with E-state index in [-0.39, 0.29) is 6.04 Å². The van der Waals surface area contributed by atoms with Crippen LogP contribution in [-0.4, -0.2) is 21.3 Å². The van der Waals surface area contributed by atoms with E-state index in [1.165, 1.54) is 4.88 Å². The molecule has 0 aliphatic carbocycles. The van der Waals surface area contributed by atoms with Gasteiger partial charge >= 0.3 is 0 Å². The SMILES string of the molecule is CNC(Cc1sccc1Br)c1cccc(OC)c1OC. The van der Waals surface area contributed by atoms with E-state index in [1.54, 1.807) is 25.6 Å². The summed E-state index contributed by atoms with van der Waals surface area (Å²) in [6.45, 7) is 0. The fourth-order valence-electron chi connectivity index (χ4n) is 2.21. The monoisotopic (exact) mass is 355 g/mol. The zero-order chi connectivity index (χ0) is 14.5. The molecule has 0 spiro atoms. The van der Waals surface area contributed by atoms with Crippen LogP contribution in [0.1, 0.15) is 16.5 Å². The molecule has 0 radical (unpaired) electrons. The second-order valence-corrected chi connectivity index (χ2v) is 6.17. The van der Waals surface area contributed by atoms with Crippen LogP contribution < -0.4 is 14.8 Å². The first kappa shape index (κ1) is 15.4. The summed E-state index contributed by atoms with van der Waals surface area (Å²) in [5.41, 5.74) is 1.11. The van der Waals surface area contributed by atoms with E-state index >= 15 is 0 Å². The lowest BCUT2D eigenvalue weighted by Crippen LogP contribution is -2.19. The molecule has 1 atom stereocenters. The third kappa shape index (κ3) is 3.16. The van der Waals surface area contributed by atoms with Crippen molar-refractivity contribution in [2.75, 3.05) is 21.3 Å². The highest BCUT2D eigenvalue weighted by Gasteiger charge is 2.19. The standard InChI is InChI=1S/C15H18BrNO2S/c1-17-12(9-14-11(16)7-8-20-14)10-5-4-6-13(18-2)15(10)19-3/h4-8,12,17H,9H2,1-3H3. The number of rotatable bonds is 6. The number of para-hydroxylation sites is 1. The van der Waals surface area contributed by atoms with Crippen LogP contribution in [0, 0.1) is 0 Å². The van der Waals surface area contributed by atoms with Crippen molar-refractivity contribution in [3.05, 3.63) is 44.6 Å². The lowest BCUT2D eigenvalue weighted by atomic mass is 10.0. The molecule has 1 N–H and O–H groups in total. The highest BCUT2D eigenvalue weighted by molar-refractivity contribution is 9.10. The largest absolute Gasteiger partial charge is 0.493 e. The molecule has 108 valence electrons. The van der Waals surface area contributed by atoms with E-state index in [2.05, 4.69) is 38.8 Å². The van der Waals surface area contributed by atoms with Gasteiger partial charge in [-0.1, -0.05) is 12.1 Å². The van der Waals surface area contributed by atoms with Gasteiger partial charge in [-0.15, -0.1) is 11.3 Å². The molecule has 1 unspecified atom stereocenters. The first-order chi connectivity index (χ1) is 9.71. The van der Waals surface area contributed by atoms with E-state index in [9.17, 15) is 0 Å². The van der Waals surface area contributed by atoms with Gasteiger partial charge in [0.25, 0.3) is 0 Å². The first-order valence-electron chi connectivity index (χ1n) is 6.31. The van der Waals surface area contributed by atoms with Gasteiger partial charge < -0.3 is 14.8 Å². The summed E-state index contributed by atoms with van der Waals surface area (Å²) in [5.74, 6) is 1.55. The Morgan fingerprint density at radius 1 is 1.25 bits per heavy atom. The number of halogens is 1. The van der Waals surface area contributed by atoms with Gasteiger partial charge in [-0.3, -0.25) is 0 Å². The third-order valence-corrected chi connectivity index (χ3v) is 5.19. The number of hydrogen-bond acceptors (Lipinski definition) is 4. The molecule has 20 heavy (non-hydrogen) atoms. The third-order valence-electron chi connectivity index (χ3n) is 3.24. The molecule has 1 aromatic heterocycles. The molecule has 2 rings (SSSR count). The van der Waals surface area contributed by atoms with Gasteiger partial charge in [0, 0.05) is 27.4 Å². The Kier molecular flexibility index (Phi) is 5.46. The van der Waals surface area contributed by atoms with Gasteiger partial charge in [-0.25, -0.2) is 0 Å². The summed E-state index contributed by atoms with van der Waals surface area (Å²) in [4.78, 5) is 1.31. The van der Waals surface area contributed by atoms with Crippen molar-refractivity contribution in [1.82, 2.24) is 5.32 Å². The zero-order valence-corrected chi connectivity index (χ0v) is 14.2. The summed E-state index contributed by atoms with van der Waals surface area (Å²) in [6.07, 6.45) is 0.901. The van der Waals surface area contributed by atoms with Crippen LogP contribution in [0.3, 0.4) is 0 Å². The van der Waals surface area contributed by atoms with Crippen LogP contribution in [0.4, 0.5) is 0 Å². The summed E-state index contributed by atoms with van der Waals surface area (Å²) in [7, 11) is 5.30. The number of ether oxygens (including phenoxy) is 2. The normalized spacial score (nSPS) is 12.2. The van der Waals surface area contributed by atoms with Crippen molar-refractivity contribution in [2.45, 2.75) is 12.5 Å². The lowest BCUT2D eigenvalue weighted by molar-refractivity contribution is 0.347. The van der Waals surface area contributed by atoms with Gasteiger partial charge in [-0.2, -0.15) is 0 Å². The molecule has 3 nitrogen and oxygen atoms in total. The second kappa shape index (κ2) is 7.11. The Bertz CT molecular complexity index is 571. The van der Waals surface area contributed by atoms with E-state index < -0.39 is 0 Å². The van der Waals surface area contributed by atoms with E-state index in [0.29, 0.717) is 0 Å². The maximum atomic E-state index is 5.53. The molecule has 0 aliphatic rings. The highest BCUT2D eigenvalue weighted by Crippen LogP contribution is 2.37. The van der Waals surface area contributed by atoms with Crippen LogP contribution in [0.2, 0.25) is 0 Å². The smallest absolute Gasteiger partial charge is 0.165 e. The average Bonchev–Trinajstić information content (AvgIpc) is 2.88. The second-order valence-electron chi connectivity index (χ2n) is 4.32. The summed E-state index contributed by atoms with van der Waals surface area (Å²) >= 11 is 5.34. The van der Waals surface area contributed by atoms with Gasteiger partial charge in [0.15, 0.2) is 11.5 Å². The van der Waals surface area contributed by atoms with E-state index in [0.717, 1.165) is 28.0 Å². The van der Waals surface area contributed by atoms with Crippen molar-refractivity contribution >= 4 is 27.3 Å². The summed E-state index contributed by atoms with van der Waals surface area (Å²) < 4.78 is 12.1. The fourth-order valence-corrected chi connectivity index (χ4v) is 3.77. The van der Waals surface area contributed by atoms with Crippen LogP contribution in [0.25, 0.3) is 0 Å². The summed E-state index contributed by atoms with van der Waals surface area (Å²) in [6, 6.07) is 8.23. The van der Waals surface area contributed by atoms with Crippen molar-refractivity contribution in [3.63, 3.8) is 0 Å². The van der Waals surface area contributed by atoms with Crippen LogP contribution >= 0.6 is 27.3 Å². The minimum absolute atomic E-state index is 0.176. The number of nitrogens with one attached hydrogen (secondary N) is 1. The number of hydrogen-bond donors (Lipinski definition) is 1. The minimum atomic E-state index is 0.176. The molecule has 1 heterocycles. The zero-order valence-electron chi connectivity index (χ0n) is 11.8. The molecule has 0 fully saturated rings. The van der Waals surface area contributed by atoms with Crippen LogP contribution in [0.5, 0.6) is 11.5 Å². The number of likely N-dealkylation sites (N-methyl/N-ethyl adjacent to an activating group) is 1. The Balaban J connectivity index is 2.34. The molecule has 0 aliphatic heterocycles. The summed E-state index contributed by atoms with van der Waals surface area (Å²) in [5, 5.41) is 5.45. The quantitative estimate of drug-likeness (QED) is 0.848. The van der Waals surface area contributed by atoms with Gasteiger partial charge in [0.05, 0.1) is 14.2 Å². The maximum Gasteiger partial charge on any atom is 0.165 e. The van der Waals surface area contributed by atoms with Crippen molar-refractivity contribution in [1.29, 1.82) is 0 Å². The Morgan fingerprint density at radius 2 is 2.05 bits per heavy atom. The Labute approximate surface area is 132 Å². The van der Waals surface area contributed by atoms with Crippen molar-refractivity contribution in [2.24, 2.45) is 0 Å². The fraction of sp³-hybridized carbons (Fsp3) is 0.333. The number of thiophene rings is 1. The van der Waals surface area contributed by atoms with Crippen LogP contribution in [-0.2, 0) is 6.42 Å². The van der Waals surface area contributed by atoms with Gasteiger partial charge in [-0.05, 0) is 40.5 Å². The molecule has 5 heteroatoms. The van der Waals surface area contributed by atoms with Crippen LogP contribution in [0.15, 0.2) is 34.1 Å². The van der Waals surface area contributed by atoms with Gasteiger partial charge in [0.1, 0.15) is 0 Å².